The summed E-state index contributed by atoms with van der Waals surface area (Å²) in [5.74, 6) is -2.58. The van der Waals surface area contributed by atoms with E-state index in [4.69, 9.17) is 15.2 Å². The predicted octanol–water partition coefficient (Wildman–Crippen LogP) is 4.56. The van der Waals surface area contributed by atoms with Gasteiger partial charge in [0.15, 0.2) is 29.1 Å². The number of aliphatic hydroxyl groups is 2. The lowest BCUT2D eigenvalue weighted by Gasteiger charge is -2.63. The van der Waals surface area contributed by atoms with Crippen molar-refractivity contribution in [1.82, 2.24) is 0 Å². The number of ketones is 2. The highest BCUT2D eigenvalue weighted by Gasteiger charge is 2.80. The molecule has 228 valence electrons. The molecule has 0 spiro atoms. The van der Waals surface area contributed by atoms with Crippen LogP contribution in [0.15, 0.2) is 59.5 Å². The summed E-state index contributed by atoms with van der Waals surface area (Å²) in [7, 11) is 0. The van der Waals surface area contributed by atoms with Gasteiger partial charge in [0.05, 0.1) is 17.1 Å². The second kappa shape index (κ2) is 9.62. The maximum atomic E-state index is 17.5. The summed E-state index contributed by atoms with van der Waals surface area (Å²) >= 11 is 1.43. The third-order valence-electron chi connectivity index (χ3n) is 11.2. The Bertz CT molecular complexity index is 1570. The first-order valence-electron chi connectivity index (χ1n) is 14.7. The molecule has 4 N–H and O–H groups in total. The number of fused-ring (bicyclic) bond motifs is 7. The summed E-state index contributed by atoms with van der Waals surface area (Å²) in [4.78, 5) is 26.6. The Labute approximate surface area is 252 Å². The largest absolute Gasteiger partial charge is 0.399 e. The molecule has 1 aromatic heterocycles. The number of halogens is 2. The van der Waals surface area contributed by atoms with Crippen LogP contribution in [0.4, 0.5) is 14.5 Å². The zero-order valence-electron chi connectivity index (χ0n) is 24.0. The van der Waals surface area contributed by atoms with Gasteiger partial charge in [-0.25, -0.2) is 8.78 Å². The van der Waals surface area contributed by atoms with Crippen LogP contribution < -0.4 is 5.73 Å². The summed E-state index contributed by atoms with van der Waals surface area (Å²) in [6.45, 7) is 2.50. The van der Waals surface area contributed by atoms with E-state index >= 15 is 8.78 Å². The zero-order valence-corrected chi connectivity index (χ0v) is 24.8. The van der Waals surface area contributed by atoms with Crippen LogP contribution in [0.5, 0.6) is 0 Å². The molecule has 1 saturated heterocycles. The van der Waals surface area contributed by atoms with Gasteiger partial charge in [0, 0.05) is 22.4 Å². The van der Waals surface area contributed by atoms with E-state index in [-0.39, 0.29) is 24.8 Å². The number of hydrogen-bond acceptors (Lipinski definition) is 8. The maximum Gasteiger partial charge on any atom is 0.194 e. The van der Waals surface area contributed by atoms with Crippen molar-refractivity contribution in [3.8, 4) is 0 Å². The summed E-state index contributed by atoms with van der Waals surface area (Å²) in [5, 5.41) is 23.8. The Hall–Kier alpha value is -2.76. The highest BCUT2D eigenvalue weighted by atomic mass is 32.1. The molecule has 4 aliphatic carbocycles. The Morgan fingerprint density at radius 2 is 1.98 bits per heavy atom. The lowest BCUT2D eigenvalue weighted by atomic mass is 9.44. The molecule has 2 heterocycles. The third kappa shape index (κ3) is 3.76. The van der Waals surface area contributed by atoms with Crippen LogP contribution in [0.1, 0.15) is 55.4 Å². The lowest BCUT2D eigenvalue weighted by Crippen LogP contribution is -2.70. The summed E-state index contributed by atoms with van der Waals surface area (Å²) in [6.07, 6.45) is -0.677. The summed E-state index contributed by atoms with van der Waals surface area (Å²) in [6, 6.07) is 9.58. The molecular weight excluding hydrogens is 576 g/mol. The maximum absolute atomic E-state index is 17.5. The fourth-order valence-corrected chi connectivity index (χ4v) is 10.1. The molecule has 43 heavy (non-hydrogen) atoms. The van der Waals surface area contributed by atoms with Crippen molar-refractivity contribution in [2.24, 2.45) is 22.7 Å². The Morgan fingerprint density at radius 1 is 1.19 bits per heavy atom. The van der Waals surface area contributed by atoms with Crippen LogP contribution >= 0.6 is 11.3 Å². The van der Waals surface area contributed by atoms with Crippen LogP contribution in [-0.4, -0.2) is 58.0 Å². The number of alkyl halides is 2. The minimum atomic E-state index is -2.28. The predicted molar refractivity (Wildman–Crippen MR) is 156 cm³/mol. The molecule has 0 amide bonds. The molecule has 2 aromatic rings. The van der Waals surface area contributed by atoms with Crippen molar-refractivity contribution in [2.45, 2.75) is 75.5 Å². The standard InChI is InChI=1S/C33H35F2NO6S/c1-30-7-6-20(38)11-23(30)24(34)12-22-21-13-28-33(27(40)15-37,31(21,2)14-26(39)32(22,30)35)42-29(41-28)25-10-18(16-43-25)8-17-4-3-5-19(36)9-17/h3-7,9-11,16,21-22,24,26,28-29,37,39H,8,12-15,36H2,1-2H3/t21-,22-,24-,26-,28+,29+,30-,31-,32-,33+/m0/s1. The minimum absolute atomic E-state index is 0.0417. The first-order valence-corrected chi connectivity index (χ1v) is 15.6. The molecule has 4 fully saturated rings. The molecule has 0 bridgehead atoms. The van der Waals surface area contributed by atoms with E-state index < -0.39 is 76.8 Å². The lowest BCUT2D eigenvalue weighted by molar-refractivity contribution is -0.234. The van der Waals surface area contributed by atoms with Crippen molar-refractivity contribution in [1.29, 1.82) is 0 Å². The fourth-order valence-electron chi connectivity index (χ4n) is 9.24. The van der Waals surface area contributed by atoms with Gasteiger partial charge < -0.3 is 25.4 Å². The second-order valence-corrected chi connectivity index (χ2v) is 14.2. The molecule has 0 unspecified atom stereocenters. The van der Waals surface area contributed by atoms with E-state index in [9.17, 15) is 19.8 Å². The average molecular weight is 612 g/mol. The van der Waals surface area contributed by atoms with Crippen LogP contribution in [-0.2, 0) is 25.5 Å². The van der Waals surface area contributed by atoms with Crippen molar-refractivity contribution >= 4 is 28.6 Å². The summed E-state index contributed by atoms with van der Waals surface area (Å²) in [5.41, 5.74) is 2.09. The van der Waals surface area contributed by atoms with Crippen LogP contribution in [0, 0.1) is 22.7 Å². The number of anilines is 1. The van der Waals surface area contributed by atoms with Gasteiger partial charge in [0.2, 0.25) is 0 Å². The number of benzene rings is 1. The van der Waals surface area contributed by atoms with Crippen LogP contribution in [0.2, 0.25) is 0 Å². The average Bonchev–Trinajstić information content (AvgIpc) is 3.64. The smallest absolute Gasteiger partial charge is 0.194 e. The highest BCUT2D eigenvalue weighted by Crippen LogP contribution is 2.72. The number of ether oxygens (including phenoxy) is 2. The monoisotopic (exact) mass is 611 g/mol. The van der Waals surface area contributed by atoms with Crippen LogP contribution in [0.25, 0.3) is 0 Å². The number of nitrogens with two attached hydrogens (primary N) is 1. The molecule has 7 nitrogen and oxygen atoms in total. The molecule has 5 aliphatic rings. The Morgan fingerprint density at radius 3 is 2.72 bits per heavy atom. The van der Waals surface area contributed by atoms with Crippen molar-refractivity contribution < 1.29 is 38.1 Å². The van der Waals surface area contributed by atoms with E-state index in [2.05, 4.69) is 0 Å². The number of carbonyl (C=O) groups is 2. The number of thiophene rings is 1. The van der Waals surface area contributed by atoms with E-state index in [1.54, 1.807) is 6.92 Å². The third-order valence-corrected chi connectivity index (χ3v) is 12.2. The van der Waals surface area contributed by atoms with Gasteiger partial charge in [0.1, 0.15) is 12.8 Å². The molecular formula is C33H35F2NO6S. The van der Waals surface area contributed by atoms with E-state index in [1.807, 2.05) is 35.7 Å². The SMILES string of the molecule is C[C@]12C=CC(=O)C=C1[C@@H](F)C[C@H]1[C@@H]3C[C@H]4O[C@@H](c5cc(Cc6cccc(N)c6)cs5)O[C@@]4(C(=O)CO)[C@@]3(C)C[C@H](O)[C@@]12F. The van der Waals surface area contributed by atoms with Gasteiger partial charge in [-0.3, -0.25) is 9.59 Å². The van der Waals surface area contributed by atoms with Gasteiger partial charge in [-0.1, -0.05) is 25.1 Å². The number of aliphatic hydroxyl groups excluding tert-OH is 2. The van der Waals surface area contributed by atoms with E-state index in [0.29, 0.717) is 12.1 Å². The quantitative estimate of drug-likeness (QED) is 0.424. The van der Waals surface area contributed by atoms with Gasteiger partial charge in [-0.05, 0) is 91.0 Å². The number of nitrogen functional groups attached to an aromatic ring is 1. The van der Waals surface area contributed by atoms with Gasteiger partial charge in [-0.2, -0.15) is 0 Å². The number of allylic oxidation sites excluding steroid dienone is 4. The molecule has 1 aliphatic heterocycles. The second-order valence-electron chi connectivity index (χ2n) is 13.3. The highest BCUT2D eigenvalue weighted by molar-refractivity contribution is 7.10. The zero-order chi connectivity index (χ0) is 30.5. The minimum Gasteiger partial charge on any atom is -0.399 e. The number of Topliss-reactive ketones (excluding diaryl/α,β-unsaturated/α-hetero) is 1. The molecule has 10 heteroatoms. The first kappa shape index (κ1) is 29.0. The molecule has 0 radical (unpaired) electrons. The number of rotatable bonds is 5. The molecule has 10 atom stereocenters. The molecule has 3 saturated carbocycles. The topological polar surface area (TPSA) is 119 Å². The van der Waals surface area contributed by atoms with Gasteiger partial charge in [-0.15, -0.1) is 11.3 Å². The van der Waals surface area contributed by atoms with Crippen molar-refractivity contribution in [3.63, 3.8) is 0 Å². The van der Waals surface area contributed by atoms with Gasteiger partial charge >= 0.3 is 0 Å². The van der Waals surface area contributed by atoms with Crippen molar-refractivity contribution in [3.05, 3.63) is 75.5 Å². The number of carbonyl (C=O) groups excluding carboxylic acids is 2. The molecule has 7 rings (SSSR count). The fraction of sp³-hybridized carbons (Fsp3) is 0.515. The van der Waals surface area contributed by atoms with E-state index in [0.717, 1.165) is 22.1 Å². The molecule has 1 aromatic carbocycles. The first-order chi connectivity index (χ1) is 20.4. The van der Waals surface area contributed by atoms with E-state index in [1.165, 1.54) is 30.4 Å². The Balaban J connectivity index is 1.23. The van der Waals surface area contributed by atoms with Crippen LogP contribution in [0.3, 0.4) is 0 Å². The Kier molecular flexibility index (Phi) is 6.48. The normalized spacial score (nSPS) is 43.0. The summed E-state index contributed by atoms with van der Waals surface area (Å²) < 4.78 is 46.3. The number of hydrogen-bond donors (Lipinski definition) is 3. The van der Waals surface area contributed by atoms with Crippen molar-refractivity contribution in [2.75, 3.05) is 12.3 Å². The van der Waals surface area contributed by atoms with Gasteiger partial charge in [0.25, 0.3) is 0 Å².